The molecule has 1 N–H and O–H groups in total. The largest absolute Gasteiger partial charge is 0.495 e. The van der Waals surface area contributed by atoms with E-state index in [1.165, 1.54) is 18.1 Å². The maximum absolute atomic E-state index is 12.6. The summed E-state index contributed by atoms with van der Waals surface area (Å²) in [5, 5.41) is 3.02. The minimum Gasteiger partial charge on any atom is -0.495 e. The standard InChI is InChI=1S/C27H25ClN2O6/c1-17-3-8-21(9-4-17)36-22-10-6-20(7-11-22)30-15-18(13-26(30)32)27(33)35-16-25(31)29-23-14-19(28)5-12-24(23)34-2/h3-12,14,18H,13,15-16H2,1-2H3,(H,29,31)/t18-/m1/s1. The van der Waals surface area contributed by atoms with E-state index in [1.54, 1.807) is 36.4 Å². The first kappa shape index (κ1) is 25.1. The van der Waals surface area contributed by atoms with Gasteiger partial charge in [-0.25, -0.2) is 0 Å². The normalized spacial score (nSPS) is 14.9. The molecule has 3 aromatic rings. The molecule has 186 valence electrons. The van der Waals surface area contributed by atoms with Gasteiger partial charge in [-0.05, 0) is 61.5 Å². The van der Waals surface area contributed by atoms with Gasteiger partial charge in [0.2, 0.25) is 5.91 Å². The first-order chi connectivity index (χ1) is 17.3. The predicted molar refractivity (Wildman–Crippen MR) is 136 cm³/mol. The van der Waals surface area contributed by atoms with E-state index < -0.39 is 24.4 Å². The molecule has 4 rings (SSSR count). The summed E-state index contributed by atoms with van der Waals surface area (Å²) in [4.78, 5) is 38.9. The third-order valence-electron chi connectivity index (χ3n) is 5.64. The molecule has 1 fully saturated rings. The van der Waals surface area contributed by atoms with Crippen molar-refractivity contribution in [1.29, 1.82) is 0 Å². The quantitative estimate of drug-likeness (QED) is 0.431. The van der Waals surface area contributed by atoms with E-state index in [0.29, 0.717) is 33.6 Å². The third kappa shape index (κ3) is 6.14. The zero-order valence-corrected chi connectivity index (χ0v) is 20.6. The van der Waals surface area contributed by atoms with Crippen LogP contribution in [-0.2, 0) is 19.1 Å². The molecule has 1 heterocycles. The number of halogens is 1. The zero-order chi connectivity index (χ0) is 25.7. The molecule has 2 amide bonds. The van der Waals surface area contributed by atoms with Crippen molar-refractivity contribution in [3.05, 3.63) is 77.3 Å². The molecule has 3 aromatic carbocycles. The Hall–Kier alpha value is -4.04. The van der Waals surface area contributed by atoms with Crippen molar-refractivity contribution in [1.82, 2.24) is 0 Å². The topological polar surface area (TPSA) is 94.2 Å². The number of benzene rings is 3. The summed E-state index contributed by atoms with van der Waals surface area (Å²) in [7, 11) is 1.46. The van der Waals surface area contributed by atoms with Crippen molar-refractivity contribution in [2.45, 2.75) is 13.3 Å². The molecule has 1 saturated heterocycles. The van der Waals surface area contributed by atoms with Crippen molar-refractivity contribution in [3.8, 4) is 17.2 Å². The maximum Gasteiger partial charge on any atom is 0.311 e. The van der Waals surface area contributed by atoms with E-state index >= 15 is 0 Å². The molecule has 0 unspecified atom stereocenters. The fourth-order valence-corrected chi connectivity index (χ4v) is 3.94. The average Bonchev–Trinajstić information content (AvgIpc) is 3.26. The van der Waals surface area contributed by atoms with Gasteiger partial charge < -0.3 is 24.4 Å². The Balaban J connectivity index is 1.30. The number of amides is 2. The molecule has 0 bridgehead atoms. The number of carbonyl (C=O) groups excluding carboxylic acids is 3. The first-order valence-electron chi connectivity index (χ1n) is 11.3. The fraction of sp³-hybridized carbons (Fsp3) is 0.222. The van der Waals surface area contributed by atoms with Gasteiger partial charge in [0, 0.05) is 23.7 Å². The number of hydrogen-bond acceptors (Lipinski definition) is 6. The van der Waals surface area contributed by atoms with E-state index in [2.05, 4.69) is 5.32 Å². The predicted octanol–water partition coefficient (Wildman–Crippen LogP) is 4.98. The maximum atomic E-state index is 12.6. The Morgan fingerprint density at radius 2 is 1.69 bits per heavy atom. The van der Waals surface area contributed by atoms with Crippen LogP contribution in [0.3, 0.4) is 0 Å². The summed E-state index contributed by atoms with van der Waals surface area (Å²) in [6.07, 6.45) is 0.00415. The third-order valence-corrected chi connectivity index (χ3v) is 5.88. The molecular formula is C27H25ClN2O6. The second-order valence-corrected chi connectivity index (χ2v) is 8.75. The van der Waals surface area contributed by atoms with Gasteiger partial charge in [-0.1, -0.05) is 29.3 Å². The van der Waals surface area contributed by atoms with Gasteiger partial charge in [-0.3, -0.25) is 14.4 Å². The molecule has 0 aliphatic carbocycles. The van der Waals surface area contributed by atoms with Gasteiger partial charge in [0.1, 0.15) is 17.2 Å². The second kappa shape index (κ2) is 11.1. The minimum atomic E-state index is -0.672. The van der Waals surface area contributed by atoms with Crippen molar-refractivity contribution in [3.63, 3.8) is 0 Å². The molecule has 1 aliphatic rings. The number of carbonyl (C=O) groups is 3. The number of anilines is 2. The summed E-state index contributed by atoms with van der Waals surface area (Å²) < 4.78 is 16.2. The molecule has 36 heavy (non-hydrogen) atoms. The summed E-state index contributed by atoms with van der Waals surface area (Å²) in [6.45, 7) is 1.67. The van der Waals surface area contributed by atoms with Crippen molar-refractivity contribution >= 4 is 40.8 Å². The van der Waals surface area contributed by atoms with Crippen LogP contribution in [0.25, 0.3) is 0 Å². The summed E-state index contributed by atoms with van der Waals surface area (Å²) in [6, 6.07) is 19.5. The van der Waals surface area contributed by atoms with Gasteiger partial charge in [0.15, 0.2) is 6.61 Å². The Morgan fingerprint density at radius 3 is 2.36 bits per heavy atom. The number of hydrogen-bond donors (Lipinski definition) is 1. The monoisotopic (exact) mass is 508 g/mol. The molecular weight excluding hydrogens is 484 g/mol. The molecule has 0 saturated carbocycles. The number of nitrogens with one attached hydrogen (secondary N) is 1. The number of ether oxygens (including phenoxy) is 3. The summed E-state index contributed by atoms with van der Waals surface area (Å²) >= 11 is 5.96. The lowest BCUT2D eigenvalue weighted by molar-refractivity contribution is -0.151. The van der Waals surface area contributed by atoms with E-state index in [0.717, 1.165) is 5.56 Å². The lowest BCUT2D eigenvalue weighted by Crippen LogP contribution is -2.28. The molecule has 1 atom stereocenters. The molecule has 9 heteroatoms. The highest BCUT2D eigenvalue weighted by atomic mass is 35.5. The van der Waals surface area contributed by atoms with Crippen LogP contribution in [0.1, 0.15) is 12.0 Å². The Kier molecular flexibility index (Phi) is 7.75. The highest BCUT2D eigenvalue weighted by Crippen LogP contribution is 2.30. The van der Waals surface area contributed by atoms with Gasteiger partial charge in [0.05, 0.1) is 18.7 Å². The van der Waals surface area contributed by atoms with Crippen LogP contribution in [0.2, 0.25) is 5.02 Å². The number of nitrogens with zero attached hydrogens (tertiary/aromatic N) is 1. The smallest absolute Gasteiger partial charge is 0.311 e. The number of methoxy groups -OCH3 is 1. The molecule has 0 spiro atoms. The van der Waals surface area contributed by atoms with Crippen molar-refractivity contribution in [2.75, 3.05) is 30.5 Å². The average molecular weight is 509 g/mol. The molecule has 1 aliphatic heterocycles. The van der Waals surface area contributed by atoms with E-state index in [4.69, 9.17) is 25.8 Å². The van der Waals surface area contributed by atoms with Crippen LogP contribution in [0.4, 0.5) is 11.4 Å². The SMILES string of the molecule is COc1ccc(Cl)cc1NC(=O)COC(=O)[C@@H]1CC(=O)N(c2ccc(Oc3ccc(C)cc3)cc2)C1. The van der Waals surface area contributed by atoms with Crippen LogP contribution >= 0.6 is 11.6 Å². The van der Waals surface area contributed by atoms with Gasteiger partial charge in [0.25, 0.3) is 5.91 Å². The van der Waals surface area contributed by atoms with Crippen LogP contribution in [0.5, 0.6) is 17.2 Å². The Labute approximate surface area is 213 Å². The van der Waals surface area contributed by atoms with Gasteiger partial charge >= 0.3 is 5.97 Å². The number of aryl methyl sites for hydroxylation is 1. The fourth-order valence-electron chi connectivity index (χ4n) is 3.77. The van der Waals surface area contributed by atoms with Crippen molar-refractivity contribution < 1.29 is 28.6 Å². The lowest BCUT2D eigenvalue weighted by Gasteiger charge is -2.17. The minimum absolute atomic E-state index is 0.00415. The molecule has 8 nitrogen and oxygen atoms in total. The van der Waals surface area contributed by atoms with Crippen LogP contribution in [0, 0.1) is 12.8 Å². The molecule has 0 aromatic heterocycles. The van der Waals surface area contributed by atoms with E-state index in [9.17, 15) is 14.4 Å². The van der Waals surface area contributed by atoms with E-state index in [1.807, 2.05) is 31.2 Å². The second-order valence-electron chi connectivity index (χ2n) is 8.31. The van der Waals surface area contributed by atoms with Gasteiger partial charge in [-0.2, -0.15) is 0 Å². The highest BCUT2D eigenvalue weighted by Gasteiger charge is 2.36. The van der Waals surface area contributed by atoms with Gasteiger partial charge in [-0.15, -0.1) is 0 Å². The molecule has 0 radical (unpaired) electrons. The highest BCUT2D eigenvalue weighted by molar-refractivity contribution is 6.31. The Bertz CT molecular complexity index is 1260. The van der Waals surface area contributed by atoms with Crippen LogP contribution < -0.4 is 19.7 Å². The van der Waals surface area contributed by atoms with Crippen LogP contribution in [-0.4, -0.2) is 38.0 Å². The first-order valence-corrected chi connectivity index (χ1v) is 11.6. The Morgan fingerprint density at radius 1 is 1.03 bits per heavy atom. The summed E-state index contributed by atoms with van der Waals surface area (Å²) in [5.41, 5.74) is 2.15. The van der Waals surface area contributed by atoms with Crippen molar-refractivity contribution in [2.24, 2.45) is 5.92 Å². The van der Waals surface area contributed by atoms with E-state index in [-0.39, 0.29) is 18.9 Å². The zero-order valence-electron chi connectivity index (χ0n) is 19.8. The van der Waals surface area contributed by atoms with Crippen LogP contribution in [0.15, 0.2) is 66.7 Å². The lowest BCUT2D eigenvalue weighted by atomic mass is 10.1. The number of rotatable bonds is 8. The number of esters is 1. The summed E-state index contributed by atoms with van der Waals surface area (Å²) in [5.74, 6) is -0.260.